The number of aliphatic carboxylic acids is 1. The molecule has 4 nitrogen and oxygen atoms in total. The van der Waals surface area contributed by atoms with Gasteiger partial charge in [0.2, 0.25) is 0 Å². The van der Waals surface area contributed by atoms with Gasteiger partial charge in [0, 0.05) is 6.54 Å². The van der Waals surface area contributed by atoms with Crippen molar-refractivity contribution >= 4 is 23.5 Å². The van der Waals surface area contributed by atoms with Crippen LogP contribution in [0.2, 0.25) is 5.02 Å². The number of carboxylic acids is 1. The van der Waals surface area contributed by atoms with E-state index in [1.165, 1.54) is 6.92 Å². The van der Waals surface area contributed by atoms with Gasteiger partial charge in [-0.3, -0.25) is 4.79 Å². The summed E-state index contributed by atoms with van der Waals surface area (Å²) in [6, 6.07) is 1.40. The second-order valence-electron chi connectivity index (χ2n) is 4.89. The molecular formula is C13H12ClF2NO3. The van der Waals surface area contributed by atoms with Crippen molar-refractivity contribution in [2.75, 3.05) is 6.54 Å². The first-order valence-electron chi connectivity index (χ1n) is 5.97. The number of amides is 1. The van der Waals surface area contributed by atoms with E-state index < -0.39 is 29.0 Å². The van der Waals surface area contributed by atoms with E-state index in [2.05, 4.69) is 0 Å². The van der Waals surface area contributed by atoms with Crippen LogP contribution in [-0.2, 0) is 4.79 Å². The molecule has 1 N–H and O–H groups in total. The lowest BCUT2D eigenvalue weighted by Gasteiger charge is -2.31. The molecule has 1 aliphatic rings. The summed E-state index contributed by atoms with van der Waals surface area (Å²) in [7, 11) is 0. The van der Waals surface area contributed by atoms with Gasteiger partial charge in [0.05, 0.1) is 10.6 Å². The maximum atomic E-state index is 13.2. The highest BCUT2D eigenvalue weighted by Gasteiger charge is 2.46. The quantitative estimate of drug-likeness (QED) is 0.855. The van der Waals surface area contributed by atoms with Crippen molar-refractivity contribution in [1.29, 1.82) is 0 Å². The highest BCUT2D eigenvalue weighted by molar-refractivity contribution is 6.33. The molecule has 0 aromatic heterocycles. The molecule has 0 spiro atoms. The van der Waals surface area contributed by atoms with E-state index in [-0.39, 0.29) is 17.1 Å². The first-order chi connectivity index (χ1) is 9.27. The van der Waals surface area contributed by atoms with E-state index in [0.717, 1.165) is 4.90 Å². The van der Waals surface area contributed by atoms with Crippen molar-refractivity contribution in [3.8, 4) is 0 Å². The molecule has 2 rings (SSSR count). The van der Waals surface area contributed by atoms with Crippen LogP contribution >= 0.6 is 11.6 Å². The Morgan fingerprint density at radius 1 is 1.35 bits per heavy atom. The number of hydrogen-bond donors (Lipinski definition) is 1. The Morgan fingerprint density at radius 2 is 1.95 bits per heavy atom. The van der Waals surface area contributed by atoms with Gasteiger partial charge >= 0.3 is 5.97 Å². The molecule has 7 heteroatoms. The summed E-state index contributed by atoms with van der Waals surface area (Å²) in [4.78, 5) is 24.8. The Morgan fingerprint density at radius 3 is 2.55 bits per heavy atom. The molecule has 1 unspecified atom stereocenters. The van der Waals surface area contributed by atoms with Gasteiger partial charge in [0.15, 0.2) is 11.6 Å². The Bertz CT molecular complexity index is 593. The molecule has 1 heterocycles. The SMILES string of the molecule is CC1(C(=O)O)CCCN1C(=O)c1cc(F)c(F)cc1Cl. The average Bonchev–Trinajstić information content (AvgIpc) is 2.76. The smallest absolute Gasteiger partial charge is 0.329 e. The van der Waals surface area contributed by atoms with Crippen molar-refractivity contribution in [3.63, 3.8) is 0 Å². The average molecular weight is 304 g/mol. The summed E-state index contributed by atoms with van der Waals surface area (Å²) in [5, 5.41) is 9.00. The van der Waals surface area contributed by atoms with E-state index >= 15 is 0 Å². The molecule has 1 atom stereocenters. The molecule has 108 valence electrons. The lowest BCUT2D eigenvalue weighted by molar-refractivity contribution is -0.147. The maximum absolute atomic E-state index is 13.2. The Labute approximate surface area is 118 Å². The molecule has 1 aromatic rings. The summed E-state index contributed by atoms with van der Waals surface area (Å²) in [6.07, 6.45) is 0.825. The van der Waals surface area contributed by atoms with E-state index in [1.807, 2.05) is 0 Å². The number of rotatable bonds is 2. The summed E-state index contributed by atoms with van der Waals surface area (Å²) >= 11 is 5.75. The Balaban J connectivity index is 2.42. The molecule has 1 aromatic carbocycles. The third kappa shape index (κ3) is 2.24. The van der Waals surface area contributed by atoms with Gasteiger partial charge in [-0.2, -0.15) is 0 Å². The van der Waals surface area contributed by atoms with Gasteiger partial charge in [-0.25, -0.2) is 13.6 Å². The molecule has 0 radical (unpaired) electrons. The molecule has 1 aliphatic heterocycles. The van der Waals surface area contributed by atoms with Crippen LogP contribution in [0.15, 0.2) is 12.1 Å². The number of carbonyl (C=O) groups excluding carboxylic acids is 1. The van der Waals surface area contributed by atoms with Gasteiger partial charge in [0.1, 0.15) is 5.54 Å². The van der Waals surface area contributed by atoms with Crippen molar-refractivity contribution in [2.24, 2.45) is 0 Å². The lowest BCUT2D eigenvalue weighted by atomic mass is 9.98. The van der Waals surface area contributed by atoms with Gasteiger partial charge < -0.3 is 10.0 Å². The number of hydrogen-bond acceptors (Lipinski definition) is 2. The lowest BCUT2D eigenvalue weighted by Crippen LogP contribution is -2.50. The first-order valence-corrected chi connectivity index (χ1v) is 6.35. The zero-order valence-electron chi connectivity index (χ0n) is 10.6. The van der Waals surface area contributed by atoms with Crippen LogP contribution in [0.1, 0.15) is 30.1 Å². The first kappa shape index (κ1) is 14.7. The molecule has 0 bridgehead atoms. The fourth-order valence-corrected chi connectivity index (χ4v) is 2.57. The van der Waals surface area contributed by atoms with E-state index in [4.69, 9.17) is 11.6 Å². The van der Waals surface area contributed by atoms with Crippen LogP contribution in [0.25, 0.3) is 0 Å². The van der Waals surface area contributed by atoms with Gasteiger partial charge in [-0.15, -0.1) is 0 Å². The maximum Gasteiger partial charge on any atom is 0.329 e. The summed E-state index contributed by atoms with van der Waals surface area (Å²) in [5.74, 6) is -4.21. The highest BCUT2D eigenvalue weighted by Crippen LogP contribution is 2.32. The molecule has 0 aliphatic carbocycles. The van der Waals surface area contributed by atoms with E-state index in [1.54, 1.807) is 0 Å². The van der Waals surface area contributed by atoms with Crippen LogP contribution in [0, 0.1) is 11.6 Å². The van der Waals surface area contributed by atoms with Gasteiger partial charge in [-0.1, -0.05) is 11.6 Å². The largest absolute Gasteiger partial charge is 0.480 e. The number of carboxylic acid groups (broad SMARTS) is 1. The van der Waals surface area contributed by atoms with Crippen LogP contribution in [0.5, 0.6) is 0 Å². The predicted octanol–water partition coefficient (Wildman–Crippen LogP) is 2.70. The van der Waals surface area contributed by atoms with Crippen LogP contribution in [0.4, 0.5) is 8.78 Å². The number of benzene rings is 1. The molecular weight excluding hydrogens is 292 g/mol. The summed E-state index contributed by atoms with van der Waals surface area (Å²) in [5.41, 5.74) is -1.59. The van der Waals surface area contributed by atoms with Crippen molar-refractivity contribution in [2.45, 2.75) is 25.3 Å². The van der Waals surface area contributed by atoms with Crippen LogP contribution < -0.4 is 0 Å². The van der Waals surface area contributed by atoms with Crippen LogP contribution in [-0.4, -0.2) is 34.0 Å². The third-order valence-corrected chi connectivity index (χ3v) is 3.90. The van der Waals surface area contributed by atoms with Crippen molar-refractivity contribution in [1.82, 2.24) is 4.90 Å². The fraction of sp³-hybridized carbons (Fsp3) is 0.385. The van der Waals surface area contributed by atoms with Gasteiger partial charge in [0.25, 0.3) is 5.91 Å². The number of likely N-dealkylation sites (tertiary alicyclic amines) is 1. The van der Waals surface area contributed by atoms with Gasteiger partial charge in [-0.05, 0) is 31.9 Å². The fourth-order valence-electron chi connectivity index (χ4n) is 2.34. The highest BCUT2D eigenvalue weighted by atomic mass is 35.5. The molecule has 1 saturated heterocycles. The minimum atomic E-state index is -1.36. The zero-order valence-corrected chi connectivity index (χ0v) is 11.4. The molecule has 0 saturated carbocycles. The molecule has 1 amide bonds. The Kier molecular flexibility index (Phi) is 3.69. The number of halogens is 3. The number of nitrogens with zero attached hydrogens (tertiary/aromatic N) is 1. The topological polar surface area (TPSA) is 57.6 Å². The molecule has 20 heavy (non-hydrogen) atoms. The van der Waals surface area contributed by atoms with E-state index in [0.29, 0.717) is 25.0 Å². The van der Waals surface area contributed by atoms with E-state index in [9.17, 15) is 23.5 Å². The second kappa shape index (κ2) is 5.01. The monoisotopic (exact) mass is 303 g/mol. The minimum Gasteiger partial charge on any atom is -0.480 e. The Hall–Kier alpha value is -1.69. The van der Waals surface area contributed by atoms with Crippen molar-refractivity contribution < 1.29 is 23.5 Å². The number of carbonyl (C=O) groups is 2. The predicted molar refractivity (Wildman–Crippen MR) is 67.7 cm³/mol. The molecule has 1 fully saturated rings. The normalized spacial score (nSPS) is 22.1. The van der Waals surface area contributed by atoms with Crippen LogP contribution in [0.3, 0.4) is 0 Å². The van der Waals surface area contributed by atoms with Crippen molar-refractivity contribution in [3.05, 3.63) is 34.4 Å². The zero-order chi connectivity index (χ0) is 15.1. The second-order valence-corrected chi connectivity index (χ2v) is 5.29. The summed E-state index contributed by atoms with van der Waals surface area (Å²) < 4.78 is 26.2. The standard InChI is InChI=1S/C13H12ClF2NO3/c1-13(12(19)20)3-2-4-17(13)11(18)7-5-9(15)10(16)6-8(7)14/h5-6H,2-4H2,1H3,(H,19,20). The minimum absolute atomic E-state index is 0.233. The third-order valence-electron chi connectivity index (χ3n) is 3.59. The summed E-state index contributed by atoms with van der Waals surface area (Å²) in [6.45, 7) is 1.66.